The van der Waals surface area contributed by atoms with Gasteiger partial charge in [0.1, 0.15) is 0 Å². The van der Waals surface area contributed by atoms with E-state index < -0.39 is 0 Å². The van der Waals surface area contributed by atoms with Crippen LogP contribution >= 0.6 is 27.3 Å². The molecule has 0 nitrogen and oxygen atoms in total. The van der Waals surface area contributed by atoms with Gasteiger partial charge in [-0.1, -0.05) is 88.7 Å². The zero-order chi connectivity index (χ0) is 20.1. The van der Waals surface area contributed by atoms with Crippen molar-refractivity contribution in [1.82, 2.24) is 0 Å². The van der Waals surface area contributed by atoms with Gasteiger partial charge in [0.05, 0.1) is 0 Å². The number of fused-ring (bicyclic) bond motifs is 5. The predicted octanol–water partition coefficient (Wildman–Crippen LogP) is 9.30. The van der Waals surface area contributed by atoms with Gasteiger partial charge in [-0.2, -0.15) is 0 Å². The molecule has 0 N–H and O–H groups in total. The van der Waals surface area contributed by atoms with E-state index in [-0.39, 0.29) is 0 Å². The molecule has 0 aliphatic rings. The van der Waals surface area contributed by atoms with Crippen LogP contribution in [0.5, 0.6) is 0 Å². The van der Waals surface area contributed by atoms with Crippen molar-refractivity contribution in [2.45, 2.75) is 0 Å². The van der Waals surface area contributed by atoms with Crippen LogP contribution in [0.2, 0.25) is 0 Å². The van der Waals surface area contributed by atoms with Crippen molar-refractivity contribution in [3.05, 3.63) is 108 Å². The molecule has 6 rings (SSSR count). The molecule has 2 heteroatoms. The van der Waals surface area contributed by atoms with Crippen LogP contribution < -0.4 is 0 Å². The summed E-state index contributed by atoms with van der Waals surface area (Å²) in [5.74, 6) is 0. The van der Waals surface area contributed by atoms with Crippen LogP contribution in [0.1, 0.15) is 0 Å². The fraction of sp³-hybridized carbons (Fsp3) is 0. The van der Waals surface area contributed by atoms with E-state index in [2.05, 4.69) is 119 Å². The first-order chi connectivity index (χ1) is 14.8. The van der Waals surface area contributed by atoms with Gasteiger partial charge in [-0.25, -0.2) is 0 Å². The normalized spacial score (nSPS) is 11.5. The molecule has 0 aliphatic heterocycles. The van der Waals surface area contributed by atoms with Gasteiger partial charge >= 0.3 is 0 Å². The van der Waals surface area contributed by atoms with E-state index in [9.17, 15) is 0 Å². The Morgan fingerprint density at radius 2 is 1.10 bits per heavy atom. The molecule has 0 amide bonds. The van der Waals surface area contributed by atoms with Crippen molar-refractivity contribution < 1.29 is 0 Å². The quantitative estimate of drug-likeness (QED) is 0.239. The zero-order valence-corrected chi connectivity index (χ0v) is 18.5. The average Bonchev–Trinajstić information content (AvgIpc) is 3.18. The van der Waals surface area contributed by atoms with Gasteiger partial charge in [-0.15, -0.1) is 11.3 Å². The summed E-state index contributed by atoms with van der Waals surface area (Å²) in [6.45, 7) is 0. The molecular weight excluding hydrogens is 448 g/mol. The van der Waals surface area contributed by atoms with Gasteiger partial charge in [0.2, 0.25) is 0 Å². The minimum Gasteiger partial charge on any atom is -0.135 e. The summed E-state index contributed by atoms with van der Waals surface area (Å²) in [6.07, 6.45) is 0. The van der Waals surface area contributed by atoms with Crippen LogP contribution in [0.3, 0.4) is 0 Å². The molecule has 30 heavy (non-hydrogen) atoms. The number of halogens is 1. The molecule has 0 saturated heterocycles. The third kappa shape index (κ3) is 2.96. The van der Waals surface area contributed by atoms with Crippen LogP contribution in [0, 0.1) is 0 Å². The Balaban J connectivity index is 1.48. The molecule has 0 bridgehead atoms. The second kappa shape index (κ2) is 7.09. The molecule has 0 radical (unpaired) electrons. The lowest BCUT2D eigenvalue weighted by Gasteiger charge is -2.06. The van der Waals surface area contributed by atoms with Gasteiger partial charge < -0.3 is 0 Å². The zero-order valence-electron chi connectivity index (χ0n) is 16.1. The van der Waals surface area contributed by atoms with Gasteiger partial charge in [0.15, 0.2) is 0 Å². The minimum absolute atomic E-state index is 1.10. The molecule has 0 unspecified atom stereocenters. The fourth-order valence-corrected chi connectivity index (χ4v) is 5.59. The van der Waals surface area contributed by atoms with Crippen LogP contribution in [-0.4, -0.2) is 0 Å². The van der Waals surface area contributed by atoms with E-state index in [1.807, 2.05) is 11.3 Å². The highest BCUT2D eigenvalue weighted by Gasteiger charge is 2.10. The maximum absolute atomic E-state index is 3.51. The molecule has 1 aromatic heterocycles. The first-order valence-corrected chi connectivity index (χ1v) is 11.6. The van der Waals surface area contributed by atoms with Gasteiger partial charge in [0, 0.05) is 24.6 Å². The Hall–Kier alpha value is -2.94. The molecule has 1 heterocycles. The van der Waals surface area contributed by atoms with Crippen LogP contribution in [0.15, 0.2) is 108 Å². The number of hydrogen-bond acceptors (Lipinski definition) is 1. The monoisotopic (exact) mass is 464 g/mol. The fourth-order valence-electron chi connectivity index (χ4n) is 4.22. The van der Waals surface area contributed by atoms with E-state index in [0.29, 0.717) is 0 Å². The second-order valence-corrected chi connectivity index (χ2v) is 9.56. The lowest BCUT2D eigenvalue weighted by molar-refractivity contribution is 1.58. The average molecular weight is 465 g/mol. The largest absolute Gasteiger partial charge is 0.135 e. The maximum atomic E-state index is 3.51. The highest BCUT2D eigenvalue weighted by atomic mass is 79.9. The molecule has 142 valence electrons. The van der Waals surface area contributed by atoms with Crippen molar-refractivity contribution in [3.63, 3.8) is 0 Å². The van der Waals surface area contributed by atoms with E-state index in [1.165, 1.54) is 53.2 Å². The first-order valence-electron chi connectivity index (χ1n) is 9.97. The van der Waals surface area contributed by atoms with Crippen molar-refractivity contribution in [2.75, 3.05) is 0 Å². The Labute approximate surface area is 187 Å². The van der Waals surface area contributed by atoms with E-state index in [0.717, 1.165) is 4.47 Å². The Morgan fingerprint density at radius 1 is 0.500 bits per heavy atom. The van der Waals surface area contributed by atoms with Crippen molar-refractivity contribution in [2.24, 2.45) is 0 Å². The molecule has 0 saturated carbocycles. The van der Waals surface area contributed by atoms with Crippen molar-refractivity contribution in [3.8, 4) is 22.3 Å². The van der Waals surface area contributed by atoms with E-state index in [1.54, 1.807) is 0 Å². The summed E-state index contributed by atoms with van der Waals surface area (Å²) in [5.41, 5.74) is 4.98. The predicted molar refractivity (Wildman–Crippen MR) is 135 cm³/mol. The SMILES string of the molecule is Brc1ccc(-c2ccc(-c3ccc4sc5ccc6ccccc6c5c4c3)cc2)cc1. The highest BCUT2D eigenvalue weighted by Crippen LogP contribution is 2.40. The summed E-state index contributed by atoms with van der Waals surface area (Å²) in [4.78, 5) is 0. The minimum atomic E-state index is 1.10. The highest BCUT2D eigenvalue weighted by molar-refractivity contribution is 9.10. The summed E-state index contributed by atoms with van der Waals surface area (Å²) < 4.78 is 3.80. The summed E-state index contributed by atoms with van der Waals surface area (Å²) >= 11 is 5.39. The van der Waals surface area contributed by atoms with Gasteiger partial charge in [-0.05, 0) is 63.4 Å². The Morgan fingerprint density at radius 3 is 1.87 bits per heavy atom. The molecule has 0 fully saturated rings. The maximum Gasteiger partial charge on any atom is 0.0361 e. The van der Waals surface area contributed by atoms with E-state index in [4.69, 9.17) is 0 Å². The smallest absolute Gasteiger partial charge is 0.0361 e. The standard InChI is InChI=1S/C28H17BrS/c29-23-13-9-19(10-14-23)18-5-7-20(8-6-18)22-12-15-26-25(17-22)28-24-4-2-1-3-21(24)11-16-27(28)30-26/h1-17H. The molecule has 0 spiro atoms. The summed E-state index contributed by atoms with van der Waals surface area (Å²) in [6, 6.07) is 37.4. The number of rotatable bonds is 2. The van der Waals surface area contributed by atoms with Crippen molar-refractivity contribution in [1.29, 1.82) is 0 Å². The Bertz CT molecular complexity index is 1520. The van der Waals surface area contributed by atoms with Gasteiger partial charge in [0.25, 0.3) is 0 Å². The van der Waals surface area contributed by atoms with Crippen LogP contribution in [-0.2, 0) is 0 Å². The third-order valence-corrected chi connectivity index (χ3v) is 7.42. The van der Waals surface area contributed by atoms with Gasteiger partial charge in [-0.3, -0.25) is 0 Å². The summed E-state index contributed by atoms with van der Waals surface area (Å²) in [7, 11) is 0. The second-order valence-electron chi connectivity index (χ2n) is 7.56. The van der Waals surface area contributed by atoms with Crippen LogP contribution in [0.25, 0.3) is 53.2 Å². The molecule has 0 aliphatic carbocycles. The number of thiophene rings is 1. The van der Waals surface area contributed by atoms with Crippen molar-refractivity contribution >= 4 is 58.2 Å². The topological polar surface area (TPSA) is 0 Å². The molecular formula is C28H17BrS. The molecule has 0 atom stereocenters. The number of hydrogen-bond donors (Lipinski definition) is 0. The Kier molecular flexibility index (Phi) is 4.22. The first kappa shape index (κ1) is 17.9. The van der Waals surface area contributed by atoms with E-state index >= 15 is 0 Å². The summed E-state index contributed by atoms with van der Waals surface area (Å²) in [5, 5.41) is 5.36. The lowest BCUT2D eigenvalue weighted by atomic mass is 9.98. The molecule has 5 aromatic carbocycles. The van der Waals surface area contributed by atoms with Crippen LogP contribution in [0.4, 0.5) is 0 Å². The lowest BCUT2D eigenvalue weighted by Crippen LogP contribution is -1.81. The number of benzene rings is 5. The molecule has 6 aromatic rings. The third-order valence-electron chi connectivity index (χ3n) is 5.76.